The number of hydrogen-bond acceptors (Lipinski definition) is 4. The van der Waals surface area contributed by atoms with E-state index in [1.165, 1.54) is 4.90 Å². The van der Waals surface area contributed by atoms with E-state index in [0.29, 0.717) is 18.9 Å². The lowest BCUT2D eigenvalue weighted by atomic mass is 10.2. The highest BCUT2D eigenvalue weighted by Crippen LogP contribution is 2.31. The summed E-state index contributed by atoms with van der Waals surface area (Å²) < 4.78 is 5.41. The van der Waals surface area contributed by atoms with Crippen LogP contribution in [0, 0.1) is 0 Å². The molecular formula is C17H21NO2S. The van der Waals surface area contributed by atoms with Crippen molar-refractivity contribution in [3.63, 3.8) is 0 Å². The molecule has 0 aliphatic rings. The molecule has 0 amide bonds. The van der Waals surface area contributed by atoms with E-state index in [4.69, 9.17) is 4.74 Å². The lowest BCUT2D eigenvalue weighted by Crippen LogP contribution is -2.02. The second kappa shape index (κ2) is 7.84. The van der Waals surface area contributed by atoms with Gasteiger partial charge in [0.1, 0.15) is 0 Å². The lowest BCUT2D eigenvalue weighted by molar-refractivity contribution is 0.317. The fourth-order valence-corrected chi connectivity index (χ4v) is 2.85. The first-order valence-electron chi connectivity index (χ1n) is 7.15. The highest BCUT2D eigenvalue weighted by atomic mass is 32.2. The smallest absolute Gasteiger partial charge is 0.162 e. The van der Waals surface area contributed by atoms with Crippen molar-refractivity contribution >= 4 is 17.4 Å². The molecule has 2 rings (SSSR count). The largest absolute Gasteiger partial charge is 0.504 e. The Morgan fingerprint density at radius 1 is 1.10 bits per heavy atom. The van der Waals surface area contributed by atoms with Gasteiger partial charge in [-0.05, 0) is 30.9 Å². The average Bonchev–Trinajstić information content (AvgIpc) is 2.50. The number of thioether (sulfide) groups is 1. The summed E-state index contributed by atoms with van der Waals surface area (Å²) in [5.74, 6) is 1.78. The summed E-state index contributed by atoms with van der Waals surface area (Å²) in [6.07, 6.45) is 0. The Morgan fingerprint density at radius 2 is 1.90 bits per heavy atom. The summed E-state index contributed by atoms with van der Waals surface area (Å²) in [4.78, 5) is 1.22. The summed E-state index contributed by atoms with van der Waals surface area (Å²) in [5.41, 5.74) is 1.92. The van der Waals surface area contributed by atoms with E-state index in [-0.39, 0.29) is 5.75 Å². The van der Waals surface area contributed by atoms with Crippen LogP contribution in [0.5, 0.6) is 11.5 Å². The van der Waals surface area contributed by atoms with Crippen LogP contribution in [-0.2, 0) is 6.54 Å². The molecule has 0 bridgehead atoms. The van der Waals surface area contributed by atoms with Crippen molar-refractivity contribution in [3.8, 4) is 11.5 Å². The Balaban J connectivity index is 2.11. The third-order valence-corrected chi connectivity index (χ3v) is 3.99. The number of nitrogens with one attached hydrogen (secondary N) is 1. The van der Waals surface area contributed by atoms with Gasteiger partial charge >= 0.3 is 0 Å². The van der Waals surface area contributed by atoms with E-state index in [1.807, 2.05) is 31.2 Å². The Kier molecular flexibility index (Phi) is 5.81. The zero-order valence-corrected chi connectivity index (χ0v) is 13.2. The number of para-hydroxylation sites is 2. The van der Waals surface area contributed by atoms with Crippen LogP contribution in [0.4, 0.5) is 5.69 Å². The molecule has 2 aromatic carbocycles. The van der Waals surface area contributed by atoms with Crippen molar-refractivity contribution in [1.82, 2.24) is 0 Å². The maximum absolute atomic E-state index is 10.2. The lowest BCUT2D eigenvalue weighted by Gasteiger charge is -2.13. The molecule has 0 unspecified atom stereocenters. The molecule has 112 valence electrons. The number of benzene rings is 2. The molecule has 0 aliphatic heterocycles. The highest BCUT2D eigenvalue weighted by molar-refractivity contribution is 7.99. The summed E-state index contributed by atoms with van der Waals surface area (Å²) in [7, 11) is 0. The van der Waals surface area contributed by atoms with Crippen molar-refractivity contribution in [1.29, 1.82) is 0 Å². The molecule has 0 atom stereocenters. The molecule has 0 radical (unpaired) electrons. The Hall–Kier alpha value is -1.81. The fourth-order valence-electron chi connectivity index (χ4n) is 2.07. The van der Waals surface area contributed by atoms with Crippen LogP contribution in [0.1, 0.15) is 19.4 Å². The second-order valence-electron chi connectivity index (χ2n) is 4.48. The number of phenolic OH excluding ortho intramolecular Hbond substituents is 1. The summed E-state index contributed by atoms with van der Waals surface area (Å²) in [6.45, 7) is 5.15. The van der Waals surface area contributed by atoms with Crippen LogP contribution in [0.25, 0.3) is 0 Å². The van der Waals surface area contributed by atoms with E-state index in [2.05, 4.69) is 24.4 Å². The molecule has 0 saturated heterocycles. The van der Waals surface area contributed by atoms with Gasteiger partial charge in [-0.15, -0.1) is 11.8 Å². The van der Waals surface area contributed by atoms with Crippen LogP contribution in [0.2, 0.25) is 0 Å². The molecule has 4 heteroatoms. The summed E-state index contributed by atoms with van der Waals surface area (Å²) in [6, 6.07) is 13.8. The second-order valence-corrected chi connectivity index (χ2v) is 5.79. The normalized spacial score (nSPS) is 10.4. The molecule has 2 N–H and O–H groups in total. The summed E-state index contributed by atoms with van der Waals surface area (Å²) in [5, 5.41) is 13.6. The first kappa shape index (κ1) is 15.6. The fraction of sp³-hybridized carbons (Fsp3) is 0.294. The molecule has 0 aromatic heterocycles. The number of anilines is 1. The van der Waals surface area contributed by atoms with Gasteiger partial charge in [-0.25, -0.2) is 0 Å². The molecule has 0 aliphatic carbocycles. The SMILES string of the molecule is CCOc1cccc(CNc2ccccc2SCC)c1O. The van der Waals surface area contributed by atoms with E-state index < -0.39 is 0 Å². The van der Waals surface area contributed by atoms with Gasteiger partial charge < -0.3 is 15.2 Å². The minimum absolute atomic E-state index is 0.215. The first-order chi connectivity index (χ1) is 10.3. The van der Waals surface area contributed by atoms with Gasteiger partial charge in [-0.1, -0.05) is 31.2 Å². The van der Waals surface area contributed by atoms with E-state index in [1.54, 1.807) is 17.8 Å². The predicted octanol–water partition coefficient (Wildman–Crippen LogP) is 4.52. The van der Waals surface area contributed by atoms with E-state index in [9.17, 15) is 5.11 Å². The number of rotatable bonds is 7. The van der Waals surface area contributed by atoms with Crippen LogP contribution in [0.15, 0.2) is 47.4 Å². The minimum atomic E-state index is 0.215. The van der Waals surface area contributed by atoms with E-state index in [0.717, 1.165) is 17.0 Å². The van der Waals surface area contributed by atoms with Crippen LogP contribution in [-0.4, -0.2) is 17.5 Å². The number of hydrogen-bond donors (Lipinski definition) is 2. The molecule has 0 spiro atoms. The third-order valence-electron chi connectivity index (χ3n) is 3.04. The van der Waals surface area contributed by atoms with Gasteiger partial charge in [0.05, 0.1) is 6.61 Å². The predicted molar refractivity (Wildman–Crippen MR) is 89.4 cm³/mol. The van der Waals surface area contributed by atoms with Crippen LogP contribution < -0.4 is 10.1 Å². The number of ether oxygens (including phenoxy) is 1. The Bertz CT molecular complexity index is 587. The molecule has 21 heavy (non-hydrogen) atoms. The van der Waals surface area contributed by atoms with Crippen molar-refractivity contribution < 1.29 is 9.84 Å². The van der Waals surface area contributed by atoms with Crippen molar-refractivity contribution in [2.75, 3.05) is 17.7 Å². The molecule has 3 nitrogen and oxygen atoms in total. The third kappa shape index (κ3) is 4.08. The monoisotopic (exact) mass is 303 g/mol. The quantitative estimate of drug-likeness (QED) is 0.738. The minimum Gasteiger partial charge on any atom is -0.504 e. The molecular weight excluding hydrogens is 282 g/mol. The van der Waals surface area contributed by atoms with Gasteiger partial charge in [-0.2, -0.15) is 0 Å². The van der Waals surface area contributed by atoms with Gasteiger partial charge in [0.2, 0.25) is 0 Å². The standard InChI is InChI=1S/C17H21NO2S/c1-3-20-15-10-7-8-13(17(15)19)12-18-14-9-5-6-11-16(14)21-4-2/h5-11,18-19H,3-4,12H2,1-2H3. The first-order valence-corrected chi connectivity index (χ1v) is 8.14. The van der Waals surface area contributed by atoms with Gasteiger partial charge in [-0.3, -0.25) is 0 Å². The number of aromatic hydroxyl groups is 1. The van der Waals surface area contributed by atoms with Gasteiger partial charge in [0, 0.05) is 22.7 Å². The van der Waals surface area contributed by atoms with Gasteiger partial charge in [0.15, 0.2) is 11.5 Å². The topological polar surface area (TPSA) is 41.5 Å². The van der Waals surface area contributed by atoms with E-state index >= 15 is 0 Å². The summed E-state index contributed by atoms with van der Waals surface area (Å²) >= 11 is 1.80. The van der Waals surface area contributed by atoms with Crippen LogP contribution >= 0.6 is 11.8 Å². The van der Waals surface area contributed by atoms with Gasteiger partial charge in [0.25, 0.3) is 0 Å². The van der Waals surface area contributed by atoms with Crippen LogP contribution in [0.3, 0.4) is 0 Å². The Labute approximate surface area is 130 Å². The van der Waals surface area contributed by atoms with Crippen molar-refractivity contribution in [3.05, 3.63) is 48.0 Å². The molecule has 2 aromatic rings. The molecule has 0 fully saturated rings. The van der Waals surface area contributed by atoms with Crippen molar-refractivity contribution in [2.45, 2.75) is 25.3 Å². The Morgan fingerprint density at radius 3 is 2.67 bits per heavy atom. The maximum Gasteiger partial charge on any atom is 0.162 e. The van der Waals surface area contributed by atoms with Crippen molar-refractivity contribution in [2.24, 2.45) is 0 Å². The highest BCUT2D eigenvalue weighted by Gasteiger charge is 2.08. The number of phenols is 1. The molecule has 0 saturated carbocycles. The average molecular weight is 303 g/mol. The zero-order chi connectivity index (χ0) is 15.1. The zero-order valence-electron chi connectivity index (χ0n) is 12.4. The molecule has 0 heterocycles. The maximum atomic E-state index is 10.2.